The molecule has 0 bridgehead atoms. The van der Waals surface area contributed by atoms with Crippen molar-refractivity contribution in [2.45, 2.75) is 12.8 Å². The second-order valence-electron chi connectivity index (χ2n) is 4.07. The molecule has 1 aromatic rings. The predicted octanol–water partition coefficient (Wildman–Crippen LogP) is 3.94. The van der Waals surface area contributed by atoms with Crippen molar-refractivity contribution in [3.63, 3.8) is 0 Å². The summed E-state index contributed by atoms with van der Waals surface area (Å²) in [7, 11) is 0. The van der Waals surface area contributed by atoms with Gasteiger partial charge >= 0.3 is 0 Å². The molecule has 1 fully saturated rings. The average Bonchev–Trinajstić information content (AvgIpc) is 2.32. The molecule has 88 valence electrons. The van der Waals surface area contributed by atoms with Gasteiger partial charge in [0, 0.05) is 29.9 Å². The van der Waals surface area contributed by atoms with Gasteiger partial charge in [-0.1, -0.05) is 11.6 Å². The second-order valence-corrected chi connectivity index (χ2v) is 5.33. The molecule has 2 nitrogen and oxygen atoms in total. The largest absolute Gasteiger partial charge is 0.385 e. The normalized spacial score (nSPS) is 17.4. The van der Waals surface area contributed by atoms with Crippen molar-refractivity contribution in [1.82, 2.24) is 0 Å². The molecule has 2 rings (SSSR count). The summed E-state index contributed by atoms with van der Waals surface area (Å²) in [4.78, 5) is 0. The minimum Gasteiger partial charge on any atom is -0.385 e. The van der Waals surface area contributed by atoms with Crippen molar-refractivity contribution in [1.29, 1.82) is 0 Å². The van der Waals surface area contributed by atoms with E-state index in [4.69, 9.17) is 16.3 Å². The maximum atomic E-state index is 5.94. The van der Waals surface area contributed by atoms with Gasteiger partial charge < -0.3 is 10.1 Å². The lowest BCUT2D eigenvalue weighted by atomic mass is 10.0. The molecule has 1 aliphatic rings. The molecule has 1 N–H and O–H groups in total. The van der Waals surface area contributed by atoms with Crippen LogP contribution in [0.2, 0.25) is 5.02 Å². The highest BCUT2D eigenvalue weighted by molar-refractivity contribution is 9.10. The molecule has 0 amide bonds. The number of hydrogen-bond acceptors (Lipinski definition) is 2. The minimum atomic E-state index is 0.725. The van der Waals surface area contributed by atoms with E-state index in [1.807, 2.05) is 18.2 Å². The fraction of sp³-hybridized carbons (Fsp3) is 0.500. The molecule has 1 aromatic carbocycles. The van der Waals surface area contributed by atoms with Gasteiger partial charge in [0.05, 0.1) is 5.02 Å². The highest BCUT2D eigenvalue weighted by Gasteiger charge is 2.13. The van der Waals surface area contributed by atoms with E-state index >= 15 is 0 Å². The van der Waals surface area contributed by atoms with Crippen LogP contribution < -0.4 is 5.32 Å². The van der Waals surface area contributed by atoms with Crippen molar-refractivity contribution in [3.05, 3.63) is 27.7 Å². The zero-order chi connectivity index (χ0) is 11.4. The number of hydrogen-bond donors (Lipinski definition) is 1. The Hall–Kier alpha value is -0.250. The molecule has 0 atom stereocenters. The molecule has 0 saturated carbocycles. The standard InChI is InChI=1S/C12H15BrClNO/c13-11-7-10(1-2-12(11)14)15-8-9-3-5-16-6-4-9/h1-2,7,9,15H,3-6,8H2. The molecule has 16 heavy (non-hydrogen) atoms. The van der Waals surface area contributed by atoms with Gasteiger partial charge in [0.1, 0.15) is 0 Å². The number of anilines is 1. The first-order chi connectivity index (χ1) is 7.75. The smallest absolute Gasteiger partial charge is 0.0549 e. The minimum absolute atomic E-state index is 0.725. The highest BCUT2D eigenvalue weighted by atomic mass is 79.9. The summed E-state index contributed by atoms with van der Waals surface area (Å²) in [5.74, 6) is 0.725. The second kappa shape index (κ2) is 5.89. The third kappa shape index (κ3) is 3.37. The third-order valence-electron chi connectivity index (χ3n) is 2.86. The Morgan fingerprint density at radius 2 is 2.12 bits per heavy atom. The summed E-state index contributed by atoms with van der Waals surface area (Å²) < 4.78 is 6.27. The molecule has 0 aromatic heterocycles. The molecule has 0 unspecified atom stereocenters. The van der Waals surface area contributed by atoms with Crippen LogP contribution in [0.1, 0.15) is 12.8 Å². The molecule has 1 saturated heterocycles. The van der Waals surface area contributed by atoms with Crippen LogP contribution in [-0.4, -0.2) is 19.8 Å². The topological polar surface area (TPSA) is 21.3 Å². The van der Waals surface area contributed by atoms with Crippen LogP contribution in [0.15, 0.2) is 22.7 Å². The van der Waals surface area contributed by atoms with Crippen LogP contribution in [0.5, 0.6) is 0 Å². The monoisotopic (exact) mass is 303 g/mol. The molecule has 1 aliphatic heterocycles. The van der Waals surface area contributed by atoms with E-state index < -0.39 is 0 Å². The SMILES string of the molecule is Clc1ccc(NCC2CCOCC2)cc1Br. The van der Waals surface area contributed by atoms with Gasteiger partial charge in [-0.2, -0.15) is 0 Å². The number of ether oxygens (including phenoxy) is 1. The van der Waals surface area contributed by atoms with Gasteiger partial charge in [0.2, 0.25) is 0 Å². The van der Waals surface area contributed by atoms with Gasteiger partial charge in [-0.25, -0.2) is 0 Å². The van der Waals surface area contributed by atoms with Crippen molar-refractivity contribution < 1.29 is 4.74 Å². The van der Waals surface area contributed by atoms with E-state index in [1.165, 1.54) is 0 Å². The van der Waals surface area contributed by atoms with Crippen LogP contribution in [-0.2, 0) is 4.74 Å². The lowest BCUT2D eigenvalue weighted by Crippen LogP contribution is -2.22. The van der Waals surface area contributed by atoms with Gasteiger partial charge in [0.15, 0.2) is 0 Å². The van der Waals surface area contributed by atoms with Crippen molar-refractivity contribution in [3.8, 4) is 0 Å². The Morgan fingerprint density at radius 1 is 1.38 bits per heavy atom. The van der Waals surface area contributed by atoms with Gasteiger partial charge in [-0.3, -0.25) is 0 Å². The lowest BCUT2D eigenvalue weighted by Gasteiger charge is -2.22. The van der Waals surface area contributed by atoms with Gasteiger partial charge in [0.25, 0.3) is 0 Å². The first-order valence-corrected chi connectivity index (χ1v) is 6.69. The van der Waals surface area contributed by atoms with Gasteiger partial charge in [-0.15, -0.1) is 0 Å². The van der Waals surface area contributed by atoms with E-state index in [2.05, 4.69) is 21.2 Å². The Kier molecular flexibility index (Phi) is 4.50. The molecule has 4 heteroatoms. The predicted molar refractivity (Wildman–Crippen MR) is 71.2 cm³/mol. The molecule has 0 aliphatic carbocycles. The van der Waals surface area contributed by atoms with Crippen LogP contribution in [0.3, 0.4) is 0 Å². The van der Waals surface area contributed by atoms with E-state index in [0.717, 1.165) is 53.7 Å². The van der Waals surface area contributed by atoms with Crippen molar-refractivity contribution in [2.24, 2.45) is 5.92 Å². The number of benzene rings is 1. The maximum Gasteiger partial charge on any atom is 0.0549 e. The van der Waals surface area contributed by atoms with Crippen LogP contribution in [0.25, 0.3) is 0 Å². The Labute approximate surface area is 109 Å². The molecule has 0 radical (unpaired) electrons. The summed E-state index contributed by atoms with van der Waals surface area (Å²) in [6, 6.07) is 5.92. The summed E-state index contributed by atoms with van der Waals surface area (Å²) in [6.45, 7) is 2.81. The molecular weight excluding hydrogens is 289 g/mol. The molecule has 0 spiro atoms. The van der Waals surface area contributed by atoms with Crippen molar-refractivity contribution >= 4 is 33.2 Å². The van der Waals surface area contributed by atoms with E-state index in [0.29, 0.717) is 0 Å². The number of rotatable bonds is 3. The average molecular weight is 305 g/mol. The molecule has 1 heterocycles. The number of halogens is 2. The van der Waals surface area contributed by atoms with Crippen LogP contribution in [0, 0.1) is 5.92 Å². The third-order valence-corrected chi connectivity index (χ3v) is 4.07. The Bertz CT molecular complexity index is 353. The Balaban J connectivity index is 1.86. The fourth-order valence-corrected chi connectivity index (χ4v) is 2.32. The van der Waals surface area contributed by atoms with E-state index in [9.17, 15) is 0 Å². The zero-order valence-electron chi connectivity index (χ0n) is 9.01. The summed E-state index contributed by atoms with van der Waals surface area (Å²) in [5, 5.41) is 4.19. The number of nitrogens with one attached hydrogen (secondary N) is 1. The summed E-state index contributed by atoms with van der Waals surface area (Å²) in [6.07, 6.45) is 2.31. The van der Waals surface area contributed by atoms with Crippen LogP contribution >= 0.6 is 27.5 Å². The quantitative estimate of drug-likeness (QED) is 0.913. The van der Waals surface area contributed by atoms with E-state index in [-0.39, 0.29) is 0 Å². The zero-order valence-corrected chi connectivity index (χ0v) is 11.4. The fourth-order valence-electron chi connectivity index (χ4n) is 1.82. The summed E-state index contributed by atoms with van der Waals surface area (Å²) >= 11 is 9.36. The molecular formula is C12H15BrClNO. The van der Waals surface area contributed by atoms with Crippen LogP contribution in [0.4, 0.5) is 5.69 Å². The van der Waals surface area contributed by atoms with Crippen molar-refractivity contribution in [2.75, 3.05) is 25.1 Å². The maximum absolute atomic E-state index is 5.94. The highest BCUT2D eigenvalue weighted by Crippen LogP contribution is 2.26. The first kappa shape index (κ1) is 12.2. The first-order valence-electron chi connectivity index (χ1n) is 5.52. The summed E-state index contributed by atoms with van der Waals surface area (Å²) in [5.41, 5.74) is 1.11. The van der Waals surface area contributed by atoms with Gasteiger partial charge in [-0.05, 0) is 52.9 Å². The van der Waals surface area contributed by atoms with E-state index in [1.54, 1.807) is 0 Å². The lowest BCUT2D eigenvalue weighted by molar-refractivity contribution is 0.0699. The Morgan fingerprint density at radius 3 is 2.81 bits per heavy atom.